The summed E-state index contributed by atoms with van der Waals surface area (Å²) in [6.07, 6.45) is 6.04. The Morgan fingerprint density at radius 3 is 2.84 bits per heavy atom. The van der Waals surface area contributed by atoms with E-state index in [-0.39, 0.29) is 5.91 Å². The van der Waals surface area contributed by atoms with Gasteiger partial charge in [0, 0.05) is 16.6 Å². The van der Waals surface area contributed by atoms with Crippen LogP contribution >= 0.6 is 11.8 Å². The highest BCUT2D eigenvalue weighted by Crippen LogP contribution is 2.27. The number of carbonyl (C=O) groups excluding carboxylic acids is 1. The average molecular weight is 278 g/mol. The molecule has 0 atom stereocenters. The maximum atomic E-state index is 11.9. The van der Waals surface area contributed by atoms with Crippen molar-refractivity contribution in [1.29, 1.82) is 0 Å². The van der Waals surface area contributed by atoms with E-state index in [1.165, 1.54) is 31.0 Å². The van der Waals surface area contributed by atoms with Gasteiger partial charge in [0.2, 0.25) is 5.91 Å². The molecule has 1 aromatic carbocycles. The van der Waals surface area contributed by atoms with Gasteiger partial charge < -0.3 is 11.1 Å². The van der Waals surface area contributed by atoms with Gasteiger partial charge in [-0.05, 0) is 31.4 Å². The highest BCUT2D eigenvalue weighted by molar-refractivity contribution is 8.00. The van der Waals surface area contributed by atoms with Crippen LogP contribution < -0.4 is 11.1 Å². The third kappa shape index (κ3) is 4.16. The molecule has 19 heavy (non-hydrogen) atoms. The molecular formula is C15H22N2OS. The molecular weight excluding hydrogens is 256 g/mol. The van der Waals surface area contributed by atoms with Crippen LogP contribution in [0, 0.1) is 6.92 Å². The van der Waals surface area contributed by atoms with E-state index in [2.05, 4.69) is 5.32 Å². The normalized spacial score (nSPS) is 16.3. The molecule has 104 valence electrons. The summed E-state index contributed by atoms with van der Waals surface area (Å²) in [5.41, 5.74) is 7.86. The standard InChI is InChI=1S/C15H22N2OS/c1-11-6-5-9-13(15(11)16)19-10-14(18)17-12-7-3-2-4-8-12/h5-6,9,12H,2-4,7-8,10,16H2,1H3,(H,17,18). The Kier molecular flexibility index (Phi) is 5.14. The molecule has 0 unspecified atom stereocenters. The summed E-state index contributed by atoms with van der Waals surface area (Å²) in [6.45, 7) is 1.99. The van der Waals surface area contributed by atoms with Gasteiger partial charge in [0.05, 0.1) is 5.75 Å². The second kappa shape index (κ2) is 6.85. The number of nitrogens with one attached hydrogen (secondary N) is 1. The quantitative estimate of drug-likeness (QED) is 0.657. The van der Waals surface area contributed by atoms with Gasteiger partial charge >= 0.3 is 0 Å². The van der Waals surface area contributed by atoms with Crippen LogP contribution in [-0.2, 0) is 4.79 Å². The number of carbonyl (C=O) groups is 1. The molecule has 0 saturated heterocycles. The summed E-state index contributed by atoms with van der Waals surface area (Å²) >= 11 is 1.52. The lowest BCUT2D eigenvalue weighted by Gasteiger charge is -2.22. The summed E-state index contributed by atoms with van der Waals surface area (Å²) in [4.78, 5) is 12.9. The van der Waals surface area contributed by atoms with Gasteiger partial charge in [-0.3, -0.25) is 4.79 Å². The summed E-state index contributed by atoms with van der Waals surface area (Å²) in [7, 11) is 0. The molecule has 3 nitrogen and oxygen atoms in total. The van der Waals surface area contributed by atoms with Crippen LogP contribution in [0.25, 0.3) is 0 Å². The first-order valence-electron chi connectivity index (χ1n) is 6.94. The largest absolute Gasteiger partial charge is 0.398 e. The number of thioether (sulfide) groups is 1. The molecule has 4 heteroatoms. The third-order valence-electron chi connectivity index (χ3n) is 3.61. The van der Waals surface area contributed by atoms with Crippen LogP contribution in [0.3, 0.4) is 0 Å². The van der Waals surface area contributed by atoms with Crippen LogP contribution in [0.4, 0.5) is 5.69 Å². The fourth-order valence-electron chi connectivity index (χ4n) is 2.44. The van der Waals surface area contributed by atoms with Crippen molar-refractivity contribution in [3.05, 3.63) is 23.8 Å². The summed E-state index contributed by atoms with van der Waals surface area (Å²) in [6, 6.07) is 6.33. The average Bonchev–Trinajstić information content (AvgIpc) is 2.42. The summed E-state index contributed by atoms with van der Waals surface area (Å²) in [5.74, 6) is 0.572. The maximum absolute atomic E-state index is 11.9. The maximum Gasteiger partial charge on any atom is 0.230 e. The Bertz CT molecular complexity index is 442. The first kappa shape index (κ1) is 14.3. The zero-order valence-corrected chi connectivity index (χ0v) is 12.3. The minimum Gasteiger partial charge on any atom is -0.398 e. The Morgan fingerprint density at radius 2 is 2.11 bits per heavy atom. The van der Waals surface area contributed by atoms with E-state index in [9.17, 15) is 4.79 Å². The lowest BCUT2D eigenvalue weighted by atomic mass is 9.95. The van der Waals surface area contributed by atoms with Crippen molar-refractivity contribution < 1.29 is 4.79 Å². The number of rotatable bonds is 4. The molecule has 1 aliphatic rings. The fraction of sp³-hybridized carbons (Fsp3) is 0.533. The number of amides is 1. The van der Waals surface area contributed by atoms with Crippen molar-refractivity contribution in [2.24, 2.45) is 0 Å². The predicted molar refractivity (Wildman–Crippen MR) is 81.3 cm³/mol. The van der Waals surface area contributed by atoms with Crippen molar-refractivity contribution in [2.75, 3.05) is 11.5 Å². The molecule has 1 saturated carbocycles. The van der Waals surface area contributed by atoms with E-state index in [4.69, 9.17) is 5.73 Å². The fourth-order valence-corrected chi connectivity index (χ4v) is 3.30. The smallest absolute Gasteiger partial charge is 0.230 e. The Hall–Kier alpha value is -1.16. The molecule has 1 fully saturated rings. The predicted octanol–water partition coefficient (Wildman–Crippen LogP) is 3.12. The number of nitrogens with two attached hydrogens (primary N) is 1. The Morgan fingerprint density at radius 1 is 1.37 bits per heavy atom. The molecule has 0 heterocycles. The van der Waals surface area contributed by atoms with Crippen LogP contribution in [0.1, 0.15) is 37.7 Å². The number of aryl methyl sites for hydroxylation is 1. The van der Waals surface area contributed by atoms with Gasteiger partial charge in [-0.1, -0.05) is 31.4 Å². The number of para-hydroxylation sites is 1. The molecule has 0 radical (unpaired) electrons. The Labute approximate surface area is 119 Å². The monoisotopic (exact) mass is 278 g/mol. The molecule has 0 spiro atoms. The van der Waals surface area contributed by atoms with E-state index < -0.39 is 0 Å². The van der Waals surface area contributed by atoms with Crippen molar-refractivity contribution >= 4 is 23.4 Å². The van der Waals surface area contributed by atoms with Crippen molar-refractivity contribution in [2.45, 2.75) is 50.0 Å². The highest BCUT2D eigenvalue weighted by atomic mass is 32.2. The van der Waals surface area contributed by atoms with Gasteiger partial charge in [0.25, 0.3) is 0 Å². The minimum absolute atomic E-state index is 0.123. The second-order valence-electron chi connectivity index (χ2n) is 5.18. The van der Waals surface area contributed by atoms with Gasteiger partial charge in [-0.15, -0.1) is 11.8 Å². The molecule has 2 rings (SSSR count). The van der Waals surface area contributed by atoms with Crippen LogP contribution in [0.2, 0.25) is 0 Å². The number of benzene rings is 1. The number of hydrogen-bond donors (Lipinski definition) is 2. The van der Waals surface area contributed by atoms with E-state index in [1.54, 1.807) is 0 Å². The highest BCUT2D eigenvalue weighted by Gasteiger charge is 2.15. The van der Waals surface area contributed by atoms with E-state index >= 15 is 0 Å². The van der Waals surface area contributed by atoms with E-state index in [0.717, 1.165) is 29.0 Å². The third-order valence-corrected chi connectivity index (χ3v) is 4.69. The second-order valence-corrected chi connectivity index (χ2v) is 6.20. The minimum atomic E-state index is 0.123. The molecule has 0 aromatic heterocycles. The summed E-state index contributed by atoms with van der Waals surface area (Å²) in [5, 5.41) is 3.12. The van der Waals surface area contributed by atoms with Crippen LogP contribution in [-0.4, -0.2) is 17.7 Å². The lowest BCUT2D eigenvalue weighted by molar-refractivity contribution is -0.119. The number of hydrogen-bond acceptors (Lipinski definition) is 3. The Balaban J connectivity index is 1.81. The summed E-state index contributed by atoms with van der Waals surface area (Å²) < 4.78 is 0. The SMILES string of the molecule is Cc1cccc(SCC(=O)NC2CCCCC2)c1N. The molecule has 1 aliphatic carbocycles. The molecule has 1 aromatic rings. The number of nitrogen functional groups attached to an aromatic ring is 1. The number of anilines is 1. The van der Waals surface area contributed by atoms with Gasteiger partial charge in [-0.2, -0.15) is 0 Å². The van der Waals surface area contributed by atoms with E-state index in [0.29, 0.717) is 11.8 Å². The zero-order chi connectivity index (χ0) is 13.7. The molecule has 1 amide bonds. The van der Waals surface area contributed by atoms with E-state index in [1.807, 2.05) is 25.1 Å². The first-order chi connectivity index (χ1) is 9.16. The van der Waals surface area contributed by atoms with Crippen molar-refractivity contribution in [3.8, 4) is 0 Å². The van der Waals surface area contributed by atoms with Crippen LogP contribution in [0.15, 0.2) is 23.1 Å². The van der Waals surface area contributed by atoms with Crippen LogP contribution in [0.5, 0.6) is 0 Å². The molecule has 0 aliphatic heterocycles. The van der Waals surface area contributed by atoms with Gasteiger partial charge in [0.1, 0.15) is 0 Å². The van der Waals surface area contributed by atoms with Gasteiger partial charge in [-0.25, -0.2) is 0 Å². The van der Waals surface area contributed by atoms with Crippen molar-refractivity contribution in [3.63, 3.8) is 0 Å². The lowest BCUT2D eigenvalue weighted by Crippen LogP contribution is -2.37. The first-order valence-corrected chi connectivity index (χ1v) is 7.92. The zero-order valence-electron chi connectivity index (χ0n) is 11.4. The van der Waals surface area contributed by atoms with Crippen molar-refractivity contribution in [1.82, 2.24) is 5.32 Å². The molecule has 3 N–H and O–H groups in total. The topological polar surface area (TPSA) is 55.1 Å². The molecule has 0 bridgehead atoms. The van der Waals surface area contributed by atoms with Gasteiger partial charge in [0.15, 0.2) is 0 Å².